The molecule has 2 rings (SSSR count). The van der Waals surface area contributed by atoms with E-state index in [9.17, 15) is 5.11 Å². The van der Waals surface area contributed by atoms with Gasteiger partial charge in [0.1, 0.15) is 0 Å². The standard InChI is InChI=1S/C17H20OS/c1-12-7-13(2)9-15(8-12)11-19-17-6-4-5-16(10-17)14(3)18/h4-10,14,18H,11H2,1-3H3. The van der Waals surface area contributed by atoms with Crippen molar-refractivity contribution in [1.82, 2.24) is 0 Å². The van der Waals surface area contributed by atoms with Gasteiger partial charge in [0.05, 0.1) is 6.10 Å². The van der Waals surface area contributed by atoms with Gasteiger partial charge in [-0.2, -0.15) is 0 Å². The molecule has 1 unspecified atom stereocenters. The van der Waals surface area contributed by atoms with Crippen molar-refractivity contribution in [3.63, 3.8) is 0 Å². The van der Waals surface area contributed by atoms with Crippen molar-refractivity contribution in [3.8, 4) is 0 Å². The summed E-state index contributed by atoms with van der Waals surface area (Å²) in [5, 5.41) is 9.60. The van der Waals surface area contributed by atoms with Crippen LogP contribution in [0.5, 0.6) is 0 Å². The van der Waals surface area contributed by atoms with Gasteiger partial charge in [0, 0.05) is 10.6 Å². The highest BCUT2D eigenvalue weighted by Gasteiger charge is 2.03. The molecule has 100 valence electrons. The van der Waals surface area contributed by atoms with E-state index in [4.69, 9.17) is 0 Å². The van der Waals surface area contributed by atoms with Crippen LogP contribution in [-0.4, -0.2) is 5.11 Å². The number of thioether (sulfide) groups is 1. The molecule has 0 aliphatic rings. The summed E-state index contributed by atoms with van der Waals surface area (Å²) in [5.74, 6) is 0.964. The zero-order chi connectivity index (χ0) is 13.8. The van der Waals surface area contributed by atoms with Gasteiger partial charge in [-0.05, 0) is 44.0 Å². The number of aryl methyl sites for hydroxylation is 2. The van der Waals surface area contributed by atoms with Gasteiger partial charge in [-0.15, -0.1) is 11.8 Å². The van der Waals surface area contributed by atoms with Crippen LogP contribution >= 0.6 is 11.8 Å². The SMILES string of the molecule is Cc1cc(C)cc(CSc2cccc(C(C)O)c2)c1. The molecule has 1 atom stereocenters. The fraction of sp³-hybridized carbons (Fsp3) is 0.294. The predicted molar refractivity (Wildman–Crippen MR) is 82.6 cm³/mol. The predicted octanol–water partition coefficient (Wildman–Crippen LogP) is 4.65. The molecule has 1 nitrogen and oxygen atoms in total. The largest absolute Gasteiger partial charge is 0.389 e. The maximum Gasteiger partial charge on any atom is 0.0762 e. The summed E-state index contributed by atoms with van der Waals surface area (Å²) in [6.07, 6.45) is -0.401. The number of aliphatic hydroxyl groups is 1. The van der Waals surface area contributed by atoms with E-state index < -0.39 is 6.10 Å². The first-order valence-electron chi connectivity index (χ1n) is 6.52. The van der Waals surface area contributed by atoms with Crippen LogP contribution in [0.1, 0.15) is 35.3 Å². The van der Waals surface area contributed by atoms with Gasteiger partial charge in [-0.1, -0.05) is 41.5 Å². The minimum Gasteiger partial charge on any atom is -0.389 e. The Balaban J connectivity index is 2.07. The first-order chi connectivity index (χ1) is 9.04. The topological polar surface area (TPSA) is 20.2 Å². The molecular formula is C17H20OS. The number of rotatable bonds is 4. The zero-order valence-corrected chi connectivity index (χ0v) is 12.5. The van der Waals surface area contributed by atoms with Crippen molar-refractivity contribution in [3.05, 3.63) is 64.7 Å². The van der Waals surface area contributed by atoms with Crippen LogP contribution in [0.15, 0.2) is 47.4 Å². The molecule has 0 aromatic heterocycles. The van der Waals surface area contributed by atoms with Crippen LogP contribution in [0.25, 0.3) is 0 Å². The third-order valence-corrected chi connectivity index (χ3v) is 4.09. The fourth-order valence-corrected chi connectivity index (χ4v) is 3.08. The third kappa shape index (κ3) is 4.12. The molecule has 0 aliphatic heterocycles. The van der Waals surface area contributed by atoms with E-state index >= 15 is 0 Å². The van der Waals surface area contributed by atoms with Gasteiger partial charge in [0.25, 0.3) is 0 Å². The van der Waals surface area contributed by atoms with E-state index in [0.717, 1.165) is 11.3 Å². The third-order valence-electron chi connectivity index (χ3n) is 3.03. The van der Waals surface area contributed by atoms with E-state index in [0.29, 0.717) is 0 Å². The highest BCUT2D eigenvalue weighted by molar-refractivity contribution is 7.98. The summed E-state index contributed by atoms with van der Waals surface area (Å²) in [4.78, 5) is 1.21. The lowest BCUT2D eigenvalue weighted by atomic mass is 10.1. The van der Waals surface area contributed by atoms with Gasteiger partial charge >= 0.3 is 0 Å². The second-order valence-electron chi connectivity index (χ2n) is 5.03. The summed E-state index contributed by atoms with van der Waals surface area (Å²) < 4.78 is 0. The van der Waals surface area contributed by atoms with Crippen molar-refractivity contribution >= 4 is 11.8 Å². The summed E-state index contributed by atoms with van der Waals surface area (Å²) in [5.41, 5.74) is 4.96. The second kappa shape index (κ2) is 6.27. The molecule has 0 fully saturated rings. The molecule has 19 heavy (non-hydrogen) atoms. The molecule has 0 radical (unpaired) electrons. The minimum absolute atomic E-state index is 0.401. The maximum absolute atomic E-state index is 9.60. The minimum atomic E-state index is -0.401. The Labute approximate surface area is 119 Å². The summed E-state index contributed by atoms with van der Waals surface area (Å²) in [6.45, 7) is 6.07. The van der Waals surface area contributed by atoms with Gasteiger partial charge in [-0.25, -0.2) is 0 Å². The number of hydrogen-bond acceptors (Lipinski definition) is 2. The van der Waals surface area contributed by atoms with E-state index in [-0.39, 0.29) is 0 Å². The fourth-order valence-electron chi connectivity index (χ4n) is 2.18. The molecule has 2 aromatic rings. The number of hydrogen-bond donors (Lipinski definition) is 1. The lowest BCUT2D eigenvalue weighted by Crippen LogP contribution is -1.90. The molecule has 0 saturated carbocycles. The molecule has 0 spiro atoms. The Bertz CT molecular complexity index is 541. The van der Waals surface area contributed by atoms with Gasteiger partial charge in [-0.3, -0.25) is 0 Å². The van der Waals surface area contributed by atoms with Crippen LogP contribution < -0.4 is 0 Å². The highest BCUT2D eigenvalue weighted by atomic mass is 32.2. The molecule has 0 saturated heterocycles. The van der Waals surface area contributed by atoms with Gasteiger partial charge < -0.3 is 5.11 Å². The first kappa shape index (κ1) is 14.2. The molecule has 2 aromatic carbocycles. The summed E-state index contributed by atoms with van der Waals surface area (Å²) in [6, 6.07) is 14.8. The van der Waals surface area contributed by atoms with Crippen LogP contribution in [0.3, 0.4) is 0 Å². The smallest absolute Gasteiger partial charge is 0.0762 e. The molecule has 1 N–H and O–H groups in total. The van der Waals surface area contributed by atoms with Gasteiger partial charge in [0.2, 0.25) is 0 Å². The van der Waals surface area contributed by atoms with Crippen molar-refractivity contribution in [2.24, 2.45) is 0 Å². The Kier molecular flexibility index (Phi) is 4.67. The van der Waals surface area contributed by atoms with Crippen molar-refractivity contribution in [2.45, 2.75) is 37.5 Å². The lowest BCUT2D eigenvalue weighted by Gasteiger charge is -2.08. The molecule has 0 amide bonds. The number of aliphatic hydroxyl groups excluding tert-OH is 1. The Morgan fingerprint density at radius 1 is 1.05 bits per heavy atom. The summed E-state index contributed by atoms with van der Waals surface area (Å²) in [7, 11) is 0. The normalized spacial score (nSPS) is 12.4. The van der Waals surface area contributed by atoms with Crippen molar-refractivity contribution in [1.29, 1.82) is 0 Å². The Hall–Kier alpha value is -1.25. The second-order valence-corrected chi connectivity index (χ2v) is 6.08. The monoisotopic (exact) mass is 272 g/mol. The van der Waals surface area contributed by atoms with E-state index in [1.54, 1.807) is 6.92 Å². The number of benzene rings is 2. The lowest BCUT2D eigenvalue weighted by molar-refractivity contribution is 0.199. The van der Waals surface area contributed by atoms with E-state index in [1.165, 1.54) is 21.6 Å². The van der Waals surface area contributed by atoms with E-state index in [1.807, 2.05) is 23.9 Å². The Morgan fingerprint density at radius 2 is 1.74 bits per heavy atom. The molecule has 0 aliphatic carbocycles. The molecule has 0 bridgehead atoms. The van der Waals surface area contributed by atoms with Gasteiger partial charge in [0.15, 0.2) is 0 Å². The molecular weight excluding hydrogens is 252 g/mol. The van der Waals surface area contributed by atoms with Crippen LogP contribution in [0.2, 0.25) is 0 Å². The van der Waals surface area contributed by atoms with Crippen LogP contribution in [0.4, 0.5) is 0 Å². The molecule has 2 heteroatoms. The Morgan fingerprint density at radius 3 is 2.37 bits per heavy atom. The highest BCUT2D eigenvalue weighted by Crippen LogP contribution is 2.26. The summed E-state index contributed by atoms with van der Waals surface area (Å²) >= 11 is 1.81. The zero-order valence-electron chi connectivity index (χ0n) is 11.7. The quantitative estimate of drug-likeness (QED) is 0.818. The van der Waals surface area contributed by atoms with E-state index in [2.05, 4.69) is 44.2 Å². The average molecular weight is 272 g/mol. The van der Waals surface area contributed by atoms with Crippen LogP contribution in [0, 0.1) is 13.8 Å². The maximum atomic E-state index is 9.60. The first-order valence-corrected chi connectivity index (χ1v) is 7.51. The molecule has 0 heterocycles. The van der Waals surface area contributed by atoms with Crippen molar-refractivity contribution in [2.75, 3.05) is 0 Å². The van der Waals surface area contributed by atoms with Crippen molar-refractivity contribution < 1.29 is 5.11 Å². The average Bonchev–Trinajstić information content (AvgIpc) is 2.35. The van der Waals surface area contributed by atoms with Crippen LogP contribution in [-0.2, 0) is 5.75 Å².